The molecule has 5 nitrogen and oxygen atoms in total. The molecule has 0 aromatic heterocycles. The number of benzene rings is 1. The molecule has 1 unspecified atom stereocenters. The van der Waals surface area contributed by atoms with E-state index in [2.05, 4.69) is 11.0 Å². The van der Waals surface area contributed by atoms with Crippen molar-refractivity contribution in [3.8, 4) is 11.8 Å². The molecular formula is C18H25N3O2. The lowest BCUT2D eigenvalue weighted by atomic mass is 9.94. The fourth-order valence-electron chi connectivity index (χ4n) is 2.81. The van der Waals surface area contributed by atoms with Gasteiger partial charge in [-0.05, 0) is 17.7 Å². The van der Waals surface area contributed by atoms with Crippen LogP contribution in [0, 0.1) is 16.7 Å². The van der Waals surface area contributed by atoms with Crippen LogP contribution >= 0.6 is 0 Å². The average Bonchev–Trinajstić information content (AvgIpc) is 2.55. The van der Waals surface area contributed by atoms with Crippen LogP contribution in [0.4, 0.5) is 0 Å². The van der Waals surface area contributed by atoms with Crippen LogP contribution in [0.2, 0.25) is 0 Å². The molecule has 0 radical (unpaired) electrons. The fourth-order valence-corrected chi connectivity index (χ4v) is 2.81. The maximum absolute atomic E-state index is 12.3. The highest BCUT2D eigenvalue weighted by atomic mass is 16.5. The Hall–Kier alpha value is -2.06. The van der Waals surface area contributed by atoms with Crippen LogP contribution in [0.5, 0.6) is 5.75 Å². The minimum atomic E-state index is -0.354. The van der Waals surface area contributed by atoms with Crippen LogP contribution in [0.25, 0.3) is 0 Å². The Balaban J connectivity index is 2.02. The first-order valence-corrected chi connectivity index (χ1v) is 7.94. The molecule has 1 aromatic rings. The monoisotopic (exact) mass is 315 g/mol. The summed E-state index contributed by atoms with van der Waals surface area (Å²) >= 11 is 0. The van der Waals surface area contributed by atoms with E-state index in [9.17, 15) is 10.1 Å². The largest absolute Gasteiger partial charge is 0.497 e. The van der Waals surface area contributed by atoms with Gasteiger partial charge in [-0.2, -0.15) is 5.26 Å². The van der Waals surface area contributed by atoms with Crippen molar-refractivity contribution in [1.82, 2.24) is 9.80 Å². The number of piperazine rings is 1. The Kier molecular flexibility index (Phi) is 5.27. The highest BCUT2D eigenvalue weighted by molar-refractivity contribution is 5.81. The number of nitriles is 1. The first kappa shape index (κ1) is 17.3. The molecule has 1 amide bonds. The minimum absolute atomic E-state index is 0.176. The van der Waals surface area contributed by atoms with Crippen LogP contribution in [0.15, 0.2) is 24.3 Å². The Morgan fingerprint density at radius 1 is 1.17 bits per heavy atom. The molecule has 0 N–H and O–H groups in total. The van der Waals surface area contributed by atoms with Crippen molar-refractivity contribution in [3.05, 3.63) is 29.8 Å². The van der Waals surface area contributed by atoms with E-state index in [1.165, 1.54) is 0 Å². The number of hydrogen-bond acceptors (Lipinski definition) is 4. The molecule has 0 spiro atoms. The molecule has 1 saturated heterocycles. The van der Waals surface area contributed by atoms with Crippen molar-refractivity contribution in [2.45, 2.75) is 26.8 Å². The van der Waals surface area contributed by atoms with Crippen LogP contribution < -0.4 is 4.74 Å². The van der Waals surface area contributed by atoms with Gasteiger partial charge in [-0.15, -0.1) is 0 Å². The van der Waals surface area contributed by atoms with Gasteiger partial charge >= 0.3 is 0 Å². The maximum atomic E-state index is 12.3. The van der Waals surface area contributed by atoms with Crippen molar-refractivity contribution in [1.29, 1.82) is 5.26 Å². The molecule has 1 fully saturated rings. The fraction of sp³-hybridized carbons (Fsp3) is 0.556. The number of carbonyl (C=O) groups is 1. The van der Waals surface area contributed by atoms with E-state index < -0.39 is 0 Å². The normalized spacial score (nSPS) is 17.4. The number of methoxy groups -OCH3 is 1. The number of rotatable bonds is 3. The second kappa shape index (κ2) is 7.01. The van der Waals surface area contributed by atoms with E-state index in [0.717, 1.165) is 11.3 Å². The molecule has 1 atom stereocenters. The maximum Gasteiger partial charge on any atom is 0.228 e. The zero-order valence-electron chi connectivity index (χ0n) is 14.4. The highest BCUT2D eigenvalue weighted by Gasteiger charge is 2.31. The predicted molar refractivity (Wildman–Crippen MR) is 89.0 cm³/mol. The van der Waals surface area contributed by atoms with Gasteiger partial charge in [-0.25, -0.2) is 0 Å². The summed E-state index contributed by atoms with van der Waals surface area (Å²) in [6, 6.07) is 9.71. The standard InChI is InChI=1S/C18H25N3O2/c1-18(2,3)17(22)21-11-9-20(10-12-21)16(13-19)14-5-7-15(23-4)8-6-14/h5-8,16H,9-12H2,1-4H3. The first-order valence-electron chi connectivity index (χ1n) is 7.94. The van der Waals surface area contributed by atoms with Gasteiger partial charge in [0.15, 0.2) is 0 Å². The number of ether oxygens (including phenoxy) is 1. The third-order valence-electron chi connectivity index (χ3n) is 4.16. The van der Waals surface area contributed by atoms with Gasteiger partial charge in [-0.3, -0.25) is 9.69 Å². The smallest absolute Gasteiger partial charge is 0.228 e. The van der Waals surface area contributed by atoms with E-state index in [0.29, 0.717) is 26.2 Å². The summed E-state index contributed by atoms with van der Waals surface area (Å²) in [5.74, 6) is 0.959. The van der Waals surface area contributed by atoms with Crippen molar-refractivity contribution in [2.24, 2.45) is 5.41 Å². The predicted octanol–water partition coefficient (Wildman–Crippen LogP) is 2.45. The van der Waals surface area contributed by atoms with Crippen molar-refractivity contribution >= 4 is 5.91 Å². The highest BCUT2D eigenvalue weighted by Crippen LogP contribution is 2.25. The summed E-state index contributed by atoms with van der Waals surface area (Å²) in [5, 5.41) is 9.56. The van der Waals surface area contributed by atoms with Gasteiger partial charge in [0.1, 0.15) is 11.8 Å². The summed E-state index contributed by atoms with van der Waals surface area (Å²) in [6.07, 6.45) is 0. The molecule has 1 aromatic carbocycles. The molecule has 1 heterocycles. The molecule has 124 valence electrons. The zero-order chi connectivity index (χ0) is 17.0. The van der Waals surface area contributed by atoms with Crippen LogP contribution in [-0.2, 0) is 4.79 Å². The quantitative estimate of drug-likeness (QED) is 0.860. The van der Waals surface area contributed by atoms with E-state index in [1.807, 2.05) is 49.9 Å². The number of nitrogens with zero attached hydrogens (tertiary/aromatic N) is 3. The SMILES string of the molecule is COc1ccc(C(C#N)N2CCN(C(=O)C(C)(C)C)CC2)cc1. The van der Waals surface area contributed by atoms with E-state index in [-0.39, 0.29) is 17.4 Å². The lowest BCUT2D eigenvalue weighted by Crippen LogP contribution is -2.52. The average molecular weight is 315 g/mol. The Labute approximate surface area is 138 Å². The molecule has 2 rings (SSSR count). The summed E-state index contributed by atoms with van der Waals surface area (Å²) in [5.41, 5.74) is 0.608. The second-order valence-corrected chi connectivity index (χ2v) is 6.88. The van der Waals surface area contributed by atoms with Gasteiger partial charge in [0, 0.05) is 31.6 Å². The van der Waals surface area contributed by atoms with Gasteiger partial charge in [0.05, 0.1) is 13.2 Å². The Morgan fingerprint density at radius 2 is 1.74 bits per heavy atom. The number of carbonyl (C=O) groups excluding carboxylic acids is 1. The summed E-state index contributed by atoms with van der Waals surface area (Å²) in [6.45, 7) is 8.60. The molecule has 0 bridgehead atoms. The van der Waals surface area contributed by atoms with Crippen LogP contribution in [0.3, 0.4) is 0 Å². The van der Waals surface area contributed by atoms with Crippen LogP contribution in [-0.4, -0.2) is 49.0 Å². The third-order valence-corrected chi connectivity index (χ3v) is 4.16. The van der Waals surface area contributed by atoms with Crippen molar-refractivity contribution in [2.75, 3.05) is 33.3 Å². The molecule has 23 heavy (non-hydrogen) atoms. The Morgan fingerprint density at radius 3 is 2.17 bits per heavy atom. The van der Waals surface area contributed by atoms with Gasteiger partial charge in [-0.1, -0.05) is 32.9 Å². The summed E-state index contributed by atoms with van der Waals surface area (Å²) in [7, 11) is 1.63. The lowest BCUT2D eigenvalue weighted by molar-refractivity contribution is -0.141. The molecule has 0 aliphatic carbocycles. The van der Waals surface area contributed by atoms with E-state index in [1.54, 1.807) is 7.11 Å². The number of hydrogen-bond donors (Lipinski definition) is 0. The molecule has 1 aliphatic heterocycles. The number of amides is 1. The summed E-state index contributed by atoms with van der Waals surface area (Å²) < 4.78 is 5.16. The topological polar surface area (TPSA) is 56.6 Å². The van der Waals surface area contributed by atoms with Gasteiger partial charge in [0.25, 0.3) is 0 Å². The summed E-state index contributed by atoms with van der Waals surface area (Å²) in [4.78, 5) is 16.4. The third kappa shape index (κ3) is 4.02. The molecule has 0 saturated carbocycles. The van der Waals surface area contributed by atoms with Crippen LogP contribution in [0.1, 0.15) is 32.4 Å². The lowest BCUT2D eigenvalue weighted by Gasteiger charge is -2.39. The van der Waals surface area contributed by atoms with Crippen molar-refractivity contribution < 1.29 is 9.53 Å². The second-order valence-electron chi connectivity index (χ2n) is 6.88. The van der Waals surface area contributed by atoms with Gasteiger partial charge < -0.3 is 9.64 Å². The molecule has 1 aliphatic rings. The van der Waals surface area contributed by atoms with E-state index in [4.69, 9.17) is 4.74 Å². The van der Waals surface area contributed by atoms with Gasteiger partial charge in [0.2, 0.25) is 5.91 Å². The molecule has 5 heteroatoms. The minimum Gasteiger partial charge on any atom is -0.497 e. The molecular weight excluding hydrogens is 290 g/mol. The Bertz CT molecular complexity index is 576. The van der Waals surface area contributed by atoms with Crippen molar-refractivity contribution in [3.63, 3.8) is 0 Å². The first-order chi connectivity index (χ1) is 10.9. The zero-order valence-corrected chi connectivity index (χ0v) is 14.4. The van der Waals surface area contributed by atoms with E-state index >= 15 is 0 Å².